The highest BCUT2D eigenvalue weighted by Gasteiger charge is 2.59. The topological polar surface area (TPSA) is 81.4 Å². The molecule has 2 fully saturated rings. The molecule has 1 spiro atoms. The van der Waals surface area contributed by atoms with Gasteiger partial charge in [0, 0.05) is 12.0 Å². The monoisotopic (exact) mass is 226 g/mol. The van der Waals surface area contributed by atoms with Crippen LogP contribution in [0.5, 0.6) is 0 Å². The summed E-state index contributed by atoms with van der Waals surface area (Å²) in [5.74, 6) is -0.550. The second-order valence-corrected chi connectivity index (χ2v) is 5.02. The molecular formula is C11H18N2O3. The fourth-order valence-electron chi connectivity index (χ4n) is 2.56. The first kappa shape index (κ1) is 11.4. The molecule has 0 radical (unpaired) electrons. The molecule has 3 N–H and O–H groups in total. The van der Waals surface area contributed by atoms with Crippen molar-refractivity contribution in [2.75, 3.05) is 7.11 Å². The van der Waals surface area contributed by atoms with Crippen molar-refractivity contribution in [1.29, 1.82) is 0 Å². The van der Waals surface area contributed by atoms with E-state index >= 15 is 0 Å². The lowest BCUT2D eigenvalue weighted by atomic mass is 9.92. The zero-order valence-corrected chi connectivity index (χ0v) is 9.66. The molecule has 16 heavy (non-hydrogen) atoms. The summed E-state index contributed by atoms with van der Waals surface area (Å²) in [6.07, 6.45) is 2.17. The Kier molecular flexibility index (Phi) is 2.66. The average molecular weight is 226 g/mol. The minimum Gasteiger partial charge on any atom is -0.469 e. The lowest BCUT2D eigenvalue weighted by Crippen LogP contribution is -2.33. The summed E-state index contributed by atoms with van der Waals surface area (Å²) in [7, 11) is 1.37. The summed E-state index contributed by atoms with van der Waals surface area (Å²) in [4.78, 5) is 23.0. The molecule has 0 aromatic rings. The van der Waals surface area contributed by atoms with Crippen molar-refractivity contribution >= 4 is 11.9 Å². The standard InChI is InChI=1S/C11H18N2O3/c1-6(10(15)16-2)3-7-4-11(5-8(11)12)13-9(7)14/h6-8H,3-5,12H2,1-2H3,(H,13,14)/t6-,7+,8-,11-/m0/s1. The van der Waals surface area contributed by atoms with Gasteiger partial charge in [0.1, 0.15) is 0 Å². The van der Waals surface area contributed by atoms with Crippen molar-refractivity contribution in [3.05, 3.63) is 0 Å². The summed E-state index contributed by atoms with van der Waals surface area (Å²) in [6, 6.07) is 0.0925. The first-order valence-electron chi connectivity index (χ1n) is 5.64. The van der Waals surface area contributed by atoms with Gasteiger partial charge in [0.05, 0.1) is 18.6 Å². The van der Waals surface area contributed by atoms with Crippen LogP contribution in [0, 0.1) is 11.8 Å². The molecule has 4 atom stereocenters. The number of ether oxygens (including phenoxy) is 1. The number of esters is 1. The molecule has 90 valence electrons. The third kappa shape index (κ3) is 1.80. The molecule has 0 unspecified atom stereocenters. The highest BCUT2D eigenvalue weighted by atomic mass is 16.5. The Labute approximate surface area is 94.7 Å². The lowest BCUT2D eigenvalue weighted by molar-refractivity contribution is -0.145. The SMILES string of the molecule is COC(=O)[C@@H](C)C[C@@H]1C[C@@]2(C[C@@H]2N)NC1=O. The van der Waals surface area contributed by atoms with Gasteiger partial charge in [0.15, 0.2) is 0 Å². The number of amides is 1. The van der Waals surface area contributed by atoms with Crippen LogP contribution in [-0.2, 0) is 14.3 Å². The van der Waals surface area contributed by atoms with E-state index in [2.05, 4.69) is 10.1 Å². The van der Waals surface area contributed by atoms with Crippen LogP contribution in [0.2, 0.25) is 0 Å². The Hall–Kier alpha value is -1.10. The molecule has 2 rings (SSSR count). The first-order chi connectivity index (χ1) is 7.48. The summed E-state index contributed by atoms with van der Waals surface area (Å²) in [6.45, 7) is 1.79. The van der Waals surface area contributed by atoms with E-state index in [9.17, 15) is 9.59 Å². The maximum atomic E-state index is 11.7. The highest BCUT2D eigenvalue weighted by Crippen LogP contribution is 2.45. The van der Waals surface area contributed by atoms with E-state index in [1.165, 1.54) is 7.11 Å². The molecule has 2 aliphatic rings. The van der Waals surface area contributed by atoms with Crippen LogP contribution in [0.1, 0.15) is 26.2 Å². The van der Waals surface area contributed by atoms with Crippen LogP contribution in [-0.4, -0.2) is 30.6 Å². The van der Waals surface area contributed by atoms with Gasteiger partial charge in [-0.15, -0.1) is 0 Å². The Morgan fingerprint density at radius 1 is 1.69 bits per heavy atom. The van der Waals surface area contributed by atoms with Crippen molar-refractivity contribution in [1.82, 2.24) is 5.32 Å². The number of hydrogen-bond acceptors (Lipinski definition) is 4. The Morgan fingerprint density at radius 3 is 2.75 bits per heavy atom. The van der Waals surface area contributed by atoms with Gasteiger partial charge < -0.3 is 15.8 Å². The highest BCUT2D eigenvalue weighted by molar-refractivity contribution is 5.84. The maximum absolute atomic E-state index is 11.7. The van der Waals surface area contributed by atoms with Crippen molar-refractivity contribution in [2.24, 2.45) is 17.6 Å². The van der Waals surface area contributed by atoms with Gasteiger partial charge in [-0.1, -0.05) is 6.92 Å². The Bertz CT molecular complexity index is 331. The lowest BCUT2D eigenvalue weighted by Gasteiger charge is -2.12. The quantitative estimate of drug-likeness (QED) is 0.652. The normalized spacial score (nSPS) is 38.3. The van der Waals surface area contributed by atoms with E-state index in [1.807, 2.05) is 0 Å². The van der Waals surface area contributed by atoms with E-state index in [4.69, 9.17) is 5.73 Å². The molecule has 1 amide bonds. The molecule has 5 nitrogen and oxygen atoms in total. The third-order valence-electron chi connectivity index (χ3n) is 3.73. The van der Waals surface area contributed by atoms with E-state index < -0.39 is 0 Å². The van der Waals surface area contributed by atoms with Crippen LogP contribution < -0.4 is 11.1 Å². The third-order valence-corrected chi connectivity index (χ3v) is 3.73. The number of carbonyl (C=O) groups is 2. The molecular weight excluding hydrogens is 208 g/mol. The van der Waals surface area contributed by atoms with Gasteiger partial charge in [-0.2, -0.15) is 0 Å². The van der Waals surface area contributed by atoms with Crippen molar-refractivity contribution < 1.29 is 14.3 Å². The molecule has 0 bridgehead atoms. The summed E-state index contributed by atoms with van der Waals surface area (Å²) in [5, 5.41) is 2.95. The fraction of sp³-hybridized carbons (Fsp3) is 0.818. The second kappa shape index (κ2) is 3.73. The number of methoxy groups -OCH3 is 1. The summed E-state index contributed by atoms with van der Waals surface area (Å²) >= 11 is 0. The molecule has 1 saturated carbocycles. The van der Waals surface area contributed by atoms with Gasteiger partial charge >= 0.3 is 5.97 Å². The van der Waals surface area contributed by atoms with Gasteiger partial charge in [-0.3, -0.25) is 9.59 Å². The molecule has 1 aliphatic heterocycles. The molecule has 5 heteroatoms. The fourth-order valence-corrected chi connectivity index (χ4v) is 2.56. The number of carbonyl (C=O) groups excluding carboxylic acids is 2. The van der Waals surface area contributed by atoms with Gasteiger partial charge in [0.25, 0.3) is 0 Å². The molecule has 0 aromatic heterocycles. The minimum absolute atomic E-state index is 0.0312. The molecule has 1 saturated heterocycles. The van der Waals surface area contributed by atoms with Crippen molar-refractivity contribution in [2.45, 2.75) is 37.8 Å². The van der Waals surface area contributed by atoms with E-state index in [1.54, 1.807) is 6.92 Å². The Morgan fingerprint density at radius 2 is 2.31 bits per heavy atom. The van der Waals surface area contributed by atoms with Gasteiger partial charge in [-0.25, -0.2) is 0 Å². The first-order valence-corrected chi connectivity index (χ1v) is 5.64. The van der Waals surface area contributed by atoms with Crippen LogP contribution in [0.15, 0.2) is 0 Å². The van der Waals surface area contributed by atoms with Gasteiger partial charge in [0.2, 0.25) is 5.91 Å². The number of nitrogens with one attached hydrogen (secondary N) is 1. The van der Waals surface area contributed by atoms with Gasteiger partial charge in [-0.05, 0) is 19.3 Å². The molecule has 1 aliphatic carbocycles. The van der Waals surface area contributed by atoms with E-state index in [0.717, 1.165) is 12.8 Å². The predicted molar refractivity (Wildman–Crippen MR) is 57.4 cm³/mol. The zero-order chi connectivity index (χ0) is 11.9. The van der Waals surface area contributed by atoms with Crippen LogP contribution in [0.3, 0.4) is 0 Å². The van der Waals surface area contributed by atoms with Crippen LogP contribution >= 0.6 is 0 Å². The smallest absolute Gasteiger partial charge is 0.308 e. The minimum atomic E-state index is -0.256. The predicted octanol–water partition coefficient (Wildman–Crippen LogP) is -0.208. The maximum Gasteiger partial charge on any atom is 0.308 e. The van der Waals surface area contributed by atoms with Crippen LogP contribution in [0.25, 0.3) is 0 Å². The van der Waals surface area contributed by atoms with E-state index in [0.29, 0.717) is 6.42 Å². The van der Waals surface area contributed by atoms with Crippen molar-refractivity contribution in [3.8, 4) is 0 Å². The Balaban J connectivity index is 1.92. The number of hydrogen-bond donors (Lipinski definition) is 2. The molecule has 0 aromatic carbocycles. The largest absolute Gasteiger partial charge is 0.469 e. The average Bonchev–Trinajstić information content (AvgIpc) is 2.73. The number of rotatable bonds is 3. The van der Waals surface area contributed by atoms with Crippen LogP contribution in [0.4, 0.5) is 0 Å². The summed E-state index contributed by atoms with van der Waals surface area (Å²) < 4.78 is 4.65. The van der Waals surface area contributed by atoms with E-state index in [-0.39, 0.29) is 35.3 Å². The number of nitrogens with two attached hydrogens (primary N) is 1. The summed E-state index contributed by atoms with van der Waals surface area (Å²) in [5.41, 5.74) is 5.64. The molecule has 1 heterocycles. The van der Waals surface area contributed by atoms with Crippen molar-refractivity contribution in [3.63, 3.8) is 0 Å². The second-order valence-electron chi connectivity index (χ2n) is 5.02. The zero-order valence-electron chi connectivity index (χ0n) is 9.66.